The number of aliphatic hydroxyl groups excluding tert-OH is 1. The van der Waals surface area contributed by atoms with Gasteiger partial charge in [-0.25, -0.2) is 0 Å². The highest BCUT2D eigenvalue weighted by Crippen LogP contribution is 2.34. The highest BCUT2D eigenvalue weighted by molar-refractivity contribution is 5.56. The lowest BCUT2D eigenvalue weighted by Gasteiger charge is -2.40. The molecule has 141 valence electrons. The molecule has 2 rings (SSSR count). The third-order valence-corrected chi connectivity index (χ3v) is 4.76. The lowest BCUT2D eigenvalue weighted by molar-refractivity contribution is -0.137. The Morgan fingerprint density at radius 3 is 2.36 bits per heavy atom. The molecule has 1 radical (unpaired) electrons. The largest absolute Gasteiger partial charge is 0.416 e. The number of anilines is 1. The number of aliphatic hydroxyl groups is 1. The highest BCUT2D eigenvalue weighted by Gasteiger charge is 2.32. The number of hydrogen-bond donors (Lipinski definition) is 1. The molecule has 1 heterocycles. The van der Waals surface area contributed by atoms with Crippen LogP contribution in [-0.2, 0) is 12.8 Å². The number of likely N-dealkylation sites (tertiary alicyclic amines) is 1. The third kappa shape index (κ3) is 5.11. The Labute approximate surface area is 148 Å². The van der Waals surface area contributed by atoms with Crippen molar-refractivity contribution in [1.29, 1.82) is 0 Å². The van der Waals surface area contributed by atoms with Crippen molar-refractivity contribution >= 4 is 5.69 Å². The first-order chi connectivity index (χ1) is 11.8. The van der Waals surface area contributed by atoms with Crippen molar-refractivity contribution in [2.75, 3.05) is 31.1 Å². The minimum absolute atomic E-state index is 0.292. The number of alkyl halides is 3. The maximum absolute atomic E-state index is 12.9. The van der Waals surface area contributed by atoms with Crippen molar-refractivity contribution in [3.05, 3.63) is 35.2 Å². The molecule has 1 fully saturated rings. The molecule has 3 nitrogen and oxygen atoms in total. The van der Waals surface area contributed by atoms with Crippen molar-refractivity contribution in [1.82, 2.24) is 4.90 Å². The molecule has 1 aromatic rings. The zero-order chi connectivity index (χ0) is 18.6. The summed E-state index contributed by atoms with van der Waals surface area (Å²) >= 11 is 0. The average Bonchev–Trinajstić information content (AvgIpc) is 2.55. The van der Waals surface area contributed by atoms with Gasteiger partial charge in [0.15, 0.2) is 0 Å². The van der Waals surface area contributed by atoms with Crippen LogP contribution in [0, 0.1) is 5.92 Å². The van der Waals surface area contributed by atoms with E-state index in [-0.39, 0.29) is 0 Å². The zero-order valence-corrected chi connectivity index (χ0v) is 15.2. The SMILES string of the molecule is CCN(c1ccc(C(F)(F)F)cc1CO)C1CCN(C[C](C)C)CC1. The molecule has 0 unspecified atom stereocenters. The van der Waals surface area contributed by atoms with Crippen LogP contribution < -0.4 is 4.90 Å². The maximum atomic E-state index is 12.9. The Hall–Kier alpha value is -1.27. The van der Waals surface area contributed by atoms with Crippen LogP contribution in [-0.4, -0.2) is 42.2 Å². The van der Waals surface area contributed by atoms with Crippen molar-refractivity contribution in [3.63, 3.8) is 0 Å². The molecule has 1 aliphatic rings. The van der Waals surface area contributed by atoms with Gasteiger partial charge < -0.3 is 14.9 Å². The van der Waals surface area contributed by atoms with E-state index in [1.807, 2.05) is 6.92 Å². The minimum Gasteiger partial charge on any atom is -0.392 e. The second-order valence-electron chi connectivity index (χ2n) is 7.00. The van der Waals surface area contributed by atoms with Gasteiger partial charge in [-0.05, 0) is 43.9 Å². The van der Waals surface area contributed by atoms with Gasteiger partial charge >= 0.3 is 6.18 Å². The second-order valence-corrected chi connectivity index (χ2v) is 7.00. The zero-order valence-electron chi connectivity index (χ0n) is 15.2. The Bertz CT molecular complexity index is 552. The van der Waals surface area contributed by atoms with Crippen LogP contribution in [0.2, 0.25) is 0 Å². The fourth-order valence-electron chi connectivity index (χ4n) is 3.63. The van der Waals surface area contributed by atoms with Crippen molar-refractivity contribution in [2.24, 2.45) is 0 Å². The first-order valence-electron chi connectivity index (χ1n) is 8.85. The predicted molar refractivity (Wildman–Crippen MR) is 94.4 cm³/mol. The Kier molecular flexibility index (Phi) is 6.74. The molecule has 25 heavy (non-hydrogen) atoms. The second kappa shape index (κ2) is 8.41. The molecule has 0 spiro atoms. The summed E-state index contributed by atoms with van der Waals surface area (Å²) in [5.41, 5.74) is 0.353. The molecule has 1 aliphatic heterocycles. The Morgan fingerprint density at radius 1 is 1.24 bits per heavy atom. The van der Waals surface area contributed by atoms with E-state index in [1.165, 1.54) is 12.0 Å². The van der Waals surface area contributed by atoms with Crippen LogP contribution in [0.15, 0.2) is 18.2 Å². The summed E-state index contributed by atoms with van der Waals surface area (Å²) < 4.78 is 38.8. The van der Waals surface area contributed by atoms with Crippen molar-refractivity contribution < 1.29 is 18.3 Å². The van der Waals surface area contributed by atoms with Crippen LogP contribution in [0.3, 0.4) is 0 Å². The molecule has 0 amide bonds. The Morgan fingerprint density at radius 2 is 1.88 bits per heavy atom. The molecule has 0 bridgehead atoms. The van der Waals surface area contributed by atoms with E-state index in [0.29, 0.717) is 18.2 Å². The van der Waals surface area contributed by atoms with Gasteiger partial charge in [-0.15, -0.1) is 0 Å². The van der Waals surface area contributed by atoms with Crippen molar-refractivity contribution in [2.45, 2.75) is 52.4 Å². The first kappa shape index (κ1) is 20.0. The lowest BCUT2D eigenvalue weighted by atomic mass is 9.99. The standard InChI is InChI=1S/C19H28F3N2O/c1-4-24(17-7-9-23(10-8-17)12-14(2)3)18-6-5-16(19(20,21)22)11-15(18)13-25/h5-6,11,17,25H,4,7-10,12-13H2,1-3H3. The van der Waals surface area contributed by atoms with Gasteiger partial charge in [0.1, 0.15) is 0 Å². The summed E-state index contributed by atoms with van der Waals surface area (Å²) in [5.74, 6) is 1.39. The van der Waals surface area contributed by atoms with Gasteiger partial charge in [0.2, 0.25) is 0 Å². The predicted octanol–water partition coefficient (Wildman–Crippen LogP) is 4.10. The molecule has 0 aromatic heterocycles. The molecular weight excluding hydrogens is 329 g/mol. The van der Waals surface area contributed by atoms with E-state index in [1.54, 1.807) is 0 Å². The summed E-state index contributed by atoms with van der Waals surface area (Å²) in [6.45, 7) is 9.56. The van der Waals surface area contributed by atoms with Gasteiger partial charge in [-0.1, -0.05) is 13.8 Å². The van der Waals surface area contributed by atoms with Gasteiger partial charge in [-0.2, -0.15) is 13.2 Å². The summed E-state index contributed by atoms with van der Waals surface area (Å²) in [7, 11) is 0. The van der Waals surface area contributed by atoms with Crippen LogP contribution in [0.5, 0.6) is 0 Å². The number of piperidine rings is 1. The van der Waals surface area contributed by atoms with Gasteiger partial charge in [0.05, 0.1) is 12.2 Å². The summed E-state index contributed by atoms with van der Waals surface area (Å²) in [4.78, 5) is 4.56. The van der Waals surface area contributed by atoms with E-state index in [0.717, 1.165) is 50.3 Å². The average molecular weight is 357 g/mol. The van der Waals surface area contributed by atoms with Crippen LogP contribution >= 0.6 is 0 Å². The van der Waals surface area contributed by atoms with Crippen molar-refractivity contribution in [3.8, 4) is 0 Å². The van der Waals surface area contributed by atoms with Crippen LogP contribution in [0.4, 0.5) is 18.9 Å². The number of hydrogen-bond acceptors (Lipinski definition) is 3. The Balaban J connectivity index is 2.15. The fourth-order valence-corrected chi connectivity index (χ4v) is 3.63. The fraction of sp³-hybridized carbons (Fsp3) is 0.632. The smallest absolute Gasteiger partial charge is 0.392 e. The van der Waals surface area contributed by atoms with Gasteiger partial charge in [0, 0.05) is 43.5 Å². The molecular formula is C19H28F3N2O. The molecule has 1 saturated heterocycles. The lowest BCUT2D eigenvalue weighted by Crippen LogP contribution is -2.46. The van der Waals surface area contributed by atoms with E-state index >= 15 is 0 Å². The topological polar surface area (TPSA) is 26.7 Å². The van der Waals surface area contributed by atoms with Crippen LogP contribution in [0.25, 0.3) is 0 Å². The molecule has 6 heteroatoms. The minimum atomic E-state index is -4.39. The quantitative estimate of drug-likeness (QED) is 0.830. The van der Waals surface area contributed by atoms with E-state index in [9.17, 15) is 18.3 Å². The van der Waals surface area contributed by atoms with Gasteiger partial charge in [-0.3, -0.25) is 0 Å². The normalized spacial score (nSPS) is 17.3. The number of halogens is 3. The molecule has 0 aliphatic carbocycles. The molecule has 1 aromatic carbocycles. The molecule has 0 atom stereocenters. The molecule has 0 saturated carbocycles. The highest BCUT2D eigenvalue weighted by atomic mass is 19.4. The summed E-state index contributed by atoms with van der Waals surface area (Å²) in [6, 6.07) is 3.98. The maximum Gasteiger partial charge on any atom is 0.416 e. The van der Waals surface area contributed by atoms with Crippen LogP contribution in [0.1, 0.15) is 44.7 Å². The van der Waals surface area contributed by atoms with E-state index in [2.05, 4.69) is 23.6 Å². The van der Waals surface area contributed by atoms with E-state index in [4.69, 9.17) is 0 Å². The number of benzene rings is 1. The summed E-state index contributed by atoms with van der Waals surface area (Å²) in [5, 5.41) is 9.59. The first-order valence-corrected chi connectivity index (χ1v) is 8.85. The van der Waals surface area contributed by atoms with Gasteiger partial charge in [0.25, 0.3) is 0 Å². The molecule has 1 N–H and O–H groups in total. The number of nitrogens with zero attached hydrogens (tertiary/aromatic N) is 2. The monoisotopic (exact) mass is 357 g/mol. The van der Waals surface area contributed by atoms with E-state index < -0.39 is 18.3 Å². The number of rotatable bonds is 6. The third-order valence-electron chi connectivity index (χ3n) is 4.76. The summed E-state index contributed by atoms with van der Waals surface area (Å²) in [6.07, 6.45) is -2.43.